The first-order chi connectivity index (χ1) is 9.88. The van der Waals surface area contributed by atoms with E-state index >= 15 is 0 Å². The molecule has 3 heteroatoms. The summed E-state index contributed by atoms with van der Waals surface area (Å²) in [4.78, 5) is 0. The van der Waals surface area contributed by atoms with Crippen LogP contribution in [0.1, 0.15) is 17.5 Å². The van der Waals surface area contributed by atoms with Crippen molar-refractivity contribution in [1.29, 1.82) is 0 Å². The Kier molecular flexibility index (Phi) is 6.08. The summed E-state index contributed by atoms with van der Waals surface area (Å²) in [5.41, 5.74) is 2.25. The van der Waals surface area contributed by atoms with E-state index in [1.807, 2.05) is 42.5 Å². The normalized spacial score (nSPS) is 10.4. The van der Waals surface area contributed by atoms with Crippen molar-refractivity contribution in [3.05, 3.63) is 65.7 Å². The van der Waals surface area contributed by atoms with E-state index in [1.165, 1.54) is 5.56 Å². The lowest BCUT2D eigenvalue weighted by Gasteiger charge is -2.08. The van der Waals surface area contributed by atoms with Crippen LogP contribution in [0.5, 0.6) is 5.75 Å². The van der Waals surface area contributed by atoms with Crippen LogP contribution in [0, 0.1) is 0 Å². The van der Waals surface area contributed by atoms with E-state index in [9.17, 15) is 0 Å². The van der Waals surface area contributed by atoms with Gasteiger partial charge in [-0.25, -0.2) is 0 Å². The highest BCUT2D eigenvalue weighted by atomic mass is 16.5. The fourth-order valence-electron chi connectivity index (χ4n) is 1.84. The number of benzene rings is 2. The summed E-state index contributed by atoms with van der Waals surface area (Å²) in [5, 5.41) is 8.72. The maximum Gasteiger partial charge on any atom is 0.119 e. The van der Waals surface area contributed by atoms with Crippen molar-refractivity contribution >= 4 is 0 Å². The van der Waals surface area contributed by atoms with Gasteiger partial charge in [0.1, 0.15) is 5.75 Å². The minimum absolute atomic E-state index is 0.153. The smallest absolute Gasteiger partial charge is 0.119 e. The van der Waals surface area contributed by atoms with Crippen molar-refractivity contribution in [2.45, 2.75) is 19.6 Å². The molecule has 0 aliphatic heterocycles. The zero-order valence-electron chi connectivity index (χ0n) is 11.5. The second-order valence-corrected chi connectivity index (χ2v) is 4.55. The van der Waals surface area contributed by atoms with Gasteiger partial charge < -0.3 is 14.6 Å². The molecule has 0 aliphatic carbocycles. The van der Waals surface area contributed by atoms with Gasteiger partial charge in [0.2, 0.25) is 0 Å². The third kappa shape index (κ3) is 5.03. The van der Waals surface area contributed by atoms with Crippen molar-refractivity contribution in [3.63, 3.8) is 0 Å². The average molecular weight is 272 g/mol. The lowest BCUT2D eigenvalue weighted by Crippen LogP contribution is -2.00. The van der Waals surface area contributed by atoms with Gasteiger partial charge in [-0.2, -0.15) is 0 Å². The predicted molar refractivity (Wildman–Crippen MR) is 78.6 cm³/mol. The molecule has 3 nitrogen and oxygen atoms in total. The van der Waals surface area contributed by atoms with Gasteiger partial charge in [0, 0.05) is 13.0 Å². The summed E-state index contributed by atoms with van der Waals surface area (Å²) in [5.74, 6) is 0.819. The van der Waals surface area contributed by atoms with Gasteiger partial charge in [-0.05, 0) is 23.3 Å². The van der Waals surface area contributed by atoms with Crippen molar-refractivity contribution in [3.8, 4) is 5.75 Å². The Morgan fingerprint density at radius 2 is 1.60 bits per heavy atom. The molecule has 0 radical (unpaired) electrons. The monoisotopic (exact) mass is 272 g/mol. The first kappa shape index (κ1) is 14.6. The summed E-state index contributed by atoms with van der Waals surface area (Å²) in [6.07, 6.45) is 0.648. The number of aliphatic hydroxyl groups excluding tert-OH is 1. The third-order valence-corrected chi connectivity index (χ3v) is 2.85. The molecule has 0 aromatic heterocycles. The Morgan fingerprint density at radius 1 is 0.850 bits per heavy atom. The molecule has 2 aromatic carbocycles. The van der Waals surface area contributed by atoms with Gasteiger partial charge in [0.15, 0.2) is 0 Å². The fourth-order valence-corrected chi connectivity index (χ4v) is 1.84. The van der Waals surface area contributed by atoms with Gasteiger partial charge in [-0.15, -0.1) is 0 Å². The van der Waals surface area contributed by atoms with E-state index in [2.05, 4.69) is 12.1 Å². The van der Waals surface area contributed by atoms with Gasteiger partial charge >= 0.3 is 0 Å². The van der Waals surface area contributed by atoms with Gasteiger partial charge in [0.05, 0.1) is 19.8 Å². The van der Waals surface area contributed by atoms with Crippen LogP contribution in [0.15, 0.2) is 54.6 Å². The molecule has 0 saturated heterocycles. The van der Waals surface area contributed by atoms with Crippen molar-refractivity contribution < 1.29 is 14.6 Å². The van der Waals surface area contributed by atoms with Crippen molar-refractivity contribution in [2.24, 2.45) is 0 Å². The molecule has 2 rings (SSSR count). The van der Waals surface area contributed by atoms with Crippen LogP contribution in [-0.4, -0.2) is 18.3 Å². The van der Waals surface area contributed by atoms with Crippen LogP contribution in [0.2, 0.25) is 0 Å². The van der Waals surface area contributed by atoms with Crippen LogP contribution in [-0.2, 0) is 18.0 Å². The summed E-state index contributed by atoms with van der Waals surface area (Å²) in [6, 6.07) is 18.0. The molecule has 0 bridgehead atoms. The van der Waals surface area contributed by atoms with E-state index in [-0.39, 0.29) is 6.61 Å². The molecular formula is C17H20O3. The van der Waals surface area contributed by atoms with Gasteiger partial charge in [0.25, 0.3) is 0 Å². The Hall–Kier alpha value is -1.84. The van der Waals surface area contributed by atoms with Crippen LogP contribution in [0.3, 0.4) is 0 Å². The highest BCUT2D eigenvalue weighted by molar-refractivity contribution is 5.28. The quantitative estimate of drug-likeness (QED) is 0.750. The van der Waals surface area contributed by atoms with Crippen LogP contribution in [0.25, 0.3) is 0 Å². The SMILES string of the molecule is OCCCOc1cccc(COCc2ccccc2)c1. The summed E-state index contributed by atoms with van der Waals surface area (Å²) >= 11 is 0. The molecule has 0 fully saturated rings. The summed E-state index contributed by atoms with van der Waals surface area (Å²) in [6.45, 7) is 1.85. The molecule has 0 spiro atoms. The second-order valence-electron chi connectivity index (χ2n) is 4.55. The topological polar surface area (TPSA) is 38.7 Å². The summed E-state index contributed by atoms with van der Waals surface area (Å²) in [7, 11) is 0. The Labute approximate surface area is 119 Å². The second kappa shape index (κ2) is 8.35. The van der Waals surface area contributed by atoms with E-state index in [0.29, 0.717) is 26.2 Å². The van der Waals surface area contributed by atoms with Crippen LogP contribution < -0.4 is 4.74 Å². The fraction of sp³-hybridized carbons (Fsp3) is 0.294. The molecule has 0 aliphatic rings. The minimum atomic E-state index is 0.153. The van der Waals surface area contributed by atoms with E-state index in [0.717, 1.165) is 11.3 Å². The number of ether oxygens (including phenoxy) is 2. The van der Waals surface area contributed by atoms with E-state index in [1.54, 1.807) is 0 Å². The zero-order valence-corrected chi connectivity index (χ0v) is 11.5. The van der Waals surface area contributed by atoms with E-state index in [4.69, 9.17) is 14.6 Å². The minimum Gasteiger partial charge on any atom is -0.493 e. The number of hydrogen-bond acceptors (Lipinski definition) is 3. The lowest BCUT2D eigenvalue weighted by atomic mass is 10.2. The molecule has 0 amide bonds. The largest absolute Gasteiger partial charge is 0.493 e. The maximum atomic E-state index is 8.72. The van der Waals surface area contributed by atoms with Gasteiger partial charge in [-0.1, -0.05) is 42.5 Å². The Bertz CT molecular complexity index is 497. The average Bonchev–Trinajstić information content (AvgIpc) is 2.49. The highest BCUT2D eigenvalue weighted by Crippen LogP contribution is 2.15. The first-order valence-electron chi connectivity index (χ1n) is 6.83. The first-order valence-corrected chi connectivity index (χ1v) is 6.83. The van der Waals surface area contributed by atoms with Crippen LogP contribution >= 0.6 is 0 Å². The highest BCUT2D eigenvalue weighted by Gasteiger charge is 1.98. The number of aliphatic hydroxyl groups is 1. The Balaban J connectivity index is 1.79. The lowest BCUT2D eigenvalue weighted by molar-refractivity contribution is 0.107. The van der Waals surface area contributed by atoms with Gasteiger partial charge in [-0.3, -0.25) is 0 Å². The molecule has 106 valence electrons. The van der Waals surface area contributed by atoms with Crippen LogP contribution in [0.4, 0.5) is 0 Å². The molecule has 0 atom stereocenters. The zero-order chi connectivity index (χ0) is 14.0. The summed E-state index contributed by atoms with van der Waals surface area (Å²) < 4.78 is 11.2. The standard InChI is InChI=1S/C17H20O3/c18-10-5-11-20-17-9-4-8-16(12-17)14-19-13-15-6-2-1-3-7-15/h1-4,6-9,12,18H,5,10-11,13-14H2. The molecule has 2 aromatic rings. The number of rotatable bonds is 8. The van der Waals surface area contributed by atoms with Crippen molar-refractivity contribution in [1.82, 2.24) is 0 Å². The third-order valence-electron chi connectivity index (χ3n) is 2.85. The Morgan fingerprint density at radius 3 is 2.40 bits per heavy atom. The molecular weight excluding hydrogens is 252 g/mol. The molecule has 0 heterocycles. The molecule has 20 heavy (non-hydrogen) atoms. The van der Waals surface area contributed by atoms with Crippen molar-refractivity contribution in [2.75, 3.05) is 13.2 Å². The van der Waals surface area contributed by atoms with E-state index < -0.39 is 0 Å². The molecule has 0 unspecified atom stereocenters. The molecule has 1 N–H and O–H groups in total. The number of hydrogen-bond donors (Lipinski definition) is 1. The molecule has 0 saturated carbocycles. The predicted octanol–water partition coefficient (Wildman–Crippen LogP) is 3.16. The maximum absolute atomic E-state index is 8.72.